The summed E-state index contributed by atoms with van der Waals surface area (Å²) in [5, 5.41) is 25.8. The van der Waals surface area contributed by atoms with E-state index in [1.807, 2.05) is 55.6 Å². The standard InChI is InChI=1S/C38H41N5O6/c1-23-20-42-21-31(29-9-6-5-8-26(29)19-39)30-12-11-25(18-34(30)42)27-14-24(15-28(44)17-27)16-33(40-37(47)49-38(2,3)4)35(45)43-13-7-10-32(41-43)36(46)48-22-23/h5-6,8-9,11-12,14-15,17-18,21,23,32-33,41,44H,7,10,13,16,20,22H2,1-4H3,(H,40,47)/t23-,32-,33-/m0/s1. The molecule has 0 spiro atoms. The molecule has 0 radical (unpaired) electrons. The van der Waals surface area contributed by atoms with Crippen LogP contribution in [0, 0.1) is 17.2 Å². The molecule has 11 heteroatoms. The van der Waals surface area contributed by atoms with Crippen LogP contribution < -0.4 is 10.7 Å². The highest BCUT2D eigenvalue weighted by molar-refractivity contribution is 5.99. The quantitative estimate of drug-likeness (QED) is 0.233. The summed E-state index contributed by atoms with van der Waals surface area (Å²) in [6, 6.07) is 19.1. The number of alkyl carbamates (subject to hydrolysis) is 1. The monoisotopic (exact) mass is 663 g/mol. The maximum Gasteiger partial charge on any atom is 0.408 e. The van der Waals surface area contributed by atoms with Crippen LogP contribution in [0.3, 0.4) is 0 Å². The first-order valence-electron chi connectivity index (χ1n) is 16.6. The number of carbonyl (C=O) groups excluding carboxylic acids is 3. The average molecular weight is 664 g/mol. The molecule has 3 N–H and O–H groups in total. The number of esters is 1. The van der Waals surface area contributed by atoms with Crippen molar-refractivity contribution in [3.8, 4) is 34.1 Å². The molecule has 11 nitrogen and oxygen atoms in total. The first-order valence-corrected chi connectivity index (χ1v) is 16.6. The second-order valence-electron chi connectivity index (χ2n) is 13.9. The van der Waals surface area contributed by atoms with Gasteiger partial charge in [-0.2, -0.15) is 5.26 Å². The molecule has 49 heavy (non-hydrogen) atoms. The molecule has 3 heterocycles. The first kappa shape index (κ1) is 33.6. The summed E-state index contributed by atoms with van der Waals surface area (Å²) in [5.74, 6) is -0.954. The van der Waals surface area contributed by atoms with Crippen LogP contribution in [-0.2, 0) is 32.0 Å². The smallest absolute Gasteiger partial charge is 0.408 e. The molecule has 1 saturated heterocycles. The Morgan fingerprint density at radius 2 is 1.88 bits per heavy atom. The van der Waals surface area contributed by atoms with Crippen molar-refractivity contribution in [3.05, 3.63) is 78.0 Å². The van der Waals surface area contributed by atoms with Crippen LogP contribution >= 0.6 is 0 Å². The van der Waals surface area contributed by atoms with E-state index < -0.39 is 35.7 Å². The lowest BCUT2D eigenvalue weighted by Crippen LogP contribution is -2.60. The van der Waals surface area contributed by atoms with Crippen molar-refractivity contribution in [2.24, 2.45) is 5.92 Å². The molecule has 3 atom stereocenters. The highest BCUT2D eigenvalue weighted by Crippen LogP contribution is 2.36. The molecule has 1 fully saturated rings. The minimum Gasteiger partial charge on any atom is -0.508 e. The van der Waals surface area contributed by atoms with E-state index in [0.717, 1.165) is 33.2 Å². The molecule has 4 aromatic rings. The van der Waals surface area contributed by atoms with Crippen LogP contribution in [0.4, 0.5) is 4.79 Å². The Morgan fingerprint density at radius 3 is 2.65 bits per heavy atom. The number of cyclic esters (lactones) is 1. The van der Waals surface area contributed by atoms with Crippen molar-refractivity contribution in [1.82, 2.24) is 20.3 Å². The minimum atomic E-state index is -1.06. The third-order valence-electron chi connectivity index (χ3n) is 8.71. The Bertz CT molecular complexity index is 1950. The fourth-order valence-electron chi connectivity index (χ4n) is 6.51. The summed E-state index contributed by atoms with van der Waals surface area (Å²) in [7, 11) is 0. The maximum atomic E-state index is 14.0. The number of ether oxygens (including phenoxy) is 2. The highest BCUT2D eigenvalue weighted by atomic mass is 16.6. The van der Waals surface area contributed by atoms with Gasteiger partial charge in [-0.05, 0) is 74.6 Å². The number of nitrogens with one attached hydrogen (secondary N) is 2. The van der Waals surface area contributed by atoms with E-state index in [0.29, 0.717) is 37.1 Å². The number of amides is 2. The Hall–Kier alpha value is -5.34. The van der Waals surface area contributed by atoms with Gasteiger partial charge in [0.05, 0.1) is 18.2 Å². The number of phenolic OH excluding ortho intramolecular Hbond substituents is 1. The van der Waals surface area contributed by atoms with Gasteiger partial charge in [0, 0.05) is 53.7 Å². The topological polar surface area (TPSA) is 146 Å². The fraction of sp³-hybridized carbons (Fsp3) is 0.368. The van der Waals surface area contributed by atoms with Crippen LogP contribution in [0.15, 0.2) is 66.9 Å². The van der Waals surface area contributed by atoms with Gasteiger partial charge in [-0.1, -0.05) is 43.3 Å². The second-order valence-corrected chi connectivity index (χ2v) is 13.9. The minimum absolute atomic E-state index is 0.0111. The summed E-state index contributed by atoms with van der Waals surface area (Å²) in [4.78, 5) is 40.1. The molecule has 3 aromatic carbocycles. The zero-order valence-electron chi connectivity index (χ0n) is 28.2. The number of nitrogens with zero attached hydrogens (tertiary/aromatic N) is 3. The highest BCUT2D eigenvalue weighted by Gasteiger charge is 2.34. The van der Waals surface area contributed by atoms with E-state index >= 15 is 0 Å². The predicted molar refractivity (Wildman–Crippen MR) is 184 cm³/mol. The van der Waals surface area contributed by atoms with Gasteiger partial charge in [0.25, 0.3) is 5.91 Å². The number of rotatable bonds is 2. The van der Waals surface area contributed by atoms with Crippen LogP contribution in [0.1, 0.15) is 51.7 Å². The van der Waals surface area contributed by atoms with Crippen LogP contribution in [0.25, 0.3) is 33.2 Å². The summed E-state index contributed by atoms with van der Waals surface area (Å²) in [5.41, 5.74) is 7.62. The van der Waals surface area contributed by atoms with E-state index in [4.69, 9.17) is 9.47 Å². The lowest BCUT2D eigenvalue weighted by Gasteiger charge is -2.35. The second kappa shape index (κ2) is 13.6. The summed E-state index contributed by atoms with van der Waals surface area (Å²) < 4.78 is 13.4. The number of aromatic nitrogens is 1. The van der Waals surface area contributed by atoms with Gasteiger partial charge >= 0.3 is 12.1 Å². The average Bonchev–Trinajstić information content (AvgIpc) is 3.42. The van der Waals surface area contributed by atoms with Gasteiger partial charge in [-0.15, -0.1) is 0 Å². The predicted octanol–water partition coefficient (Wildman–Crippen LogP) is 5.68. The molecular weight excluding hydrogens is 622 g/mol. The Kier molecular flexibility index (Phi) is 9.35. The lowest BCUT2D eigenvalue weighted by molar-refractivity contribution is -0.153. The van der Waals surface area contributed by atoms with Crippen molar-refractivity contribution in [2.45, 2.75) is 71.2 Å². The maximum absolute atomic E-state index is 14.0. The number of benzene rings is 3. The van der Waals surface area contributed by atoms with Crippen LogP contribution in [0.2, 0.25) is 0 Å². The van der Waals surface area contributed by atoms with E-state index in [1.54, 1.807) is 39.0 Å². The van der Waals surface area contributed by atoms with E-state index in [-0.39, 0.29) is 24.7 Å². The third kappa shape index (κ3) is 7.55. The van der Waals surface area contributed by atoms with Gasteiger partial charge < -0.3 is 24.5 Å². The van der Waals surface area contributed by atoms with Gasteiger partial charge in [-0.25, -0.2) is 10.2 Å². The first-order chi connectivity index (χ1) is 23.4. The zero-order valence-corrected chi connectivity index (χ0v) is 28.2. The number of phenols is 1. The SMILES string of the molecule is C[C@@H]1COC(=O)[C@@H]2CCCN(N2)C(=O)[C@@H](NC(=O)OC(C)(C)C)Cc2cc(O)cc(c2)-c2ccc3c(-c4ccccc4C#N)cn(c3c2)C1. The summed E-state index contributed by atoms with van der Waals surface area (Å²) in [6.45, 7) is 8.25. The summed E-state index contributed by atoms with van der Waals surface area (Å²) >= 11 is 0. The van der Waals surface area contributed by atoms with E-state index in [2.05, 4.69) is 21.4 Å². The summed E-state index contributed by atoms with van der Waals surface area (Å²) in [6.07, 6.45) is 2.39. The van der Waals surface area contributed by atoms with Gasteiger partial charge in [0.2, 0.25) is 0 Å². The molecule has 1 aromatic heterocycles. The molecule has 0 aliphatic carbocycles. The fourth-order valence-corrected chi connectivity index (χ4v) is 6.51. The number of hydrazine groups is 1. The van der Waals surface area contributed by atoms with Gasteiger partial charge in [0.15, 0.2) is 0 Å². The van der Waals surface area contributed by atoms with Crippen molar-refractivity contribution < 1.29 is 29.0 Å². The number of carbonyl (C=O) groups is 3. The van der Waals surface area contributed by atoms with E-state index in [9.17, 15) is 24.8 Å². The molecule has 0 saturated carbocycles. The normalized spacial score (nSPS) is 20.2. The van der Waals surface area contributed by atoms with Crippen molar-refractivity contribution in [3.63, 3.8) is 0 Å². The number of nitriles is 1. The van der Waals surface area contributed by atoms with Crippen LogP contribution in [-0.4, -0.2) is 63.5 Å². The molecule has 0 unspecified atom stereocenters. The third-order valence-corrected chi connectivity index (χ3v) is 8.71. The van der Waals surface area contributed by atoms with Crippen molar-refractivity contribution in [1.29, 1.82) is 5.26 Å². The Labute approximate surface area is 285 Å². The Balaban J connectivity index is 1.46. The number of hydrogen-bond acceptors (Lipinski definition) is 8. The Morgan fingerprint density at radius 1 is 1.08 bits per heavy atom. The molecule has 2 aliphatic rings. The van der Waals surface area contributed by atoms with Gasteiger partial charge in [0.1, 0.15) is 23.4 Å². The molecule has 254 valence electrons. The van der Waals surface area contributed by atoms with E-state index in [1.165, 1.54) is 5.01 Å². The van der Waals surface area contributed by atoms with Crippen molar-refractivity contribution in [2.75, 3.05) is 13.2 Å². The molecule has 2 amide bonds. The number of fused-ring (bicyclic) bond motifs is 6. The number of aromatic hydroxyl groups is 1. The number of hydrogen-bond donors (Lipinski definition) is 3. The zero-order chi connectivity index (χ0) is 34.9. The van der Waals surface area contributed by atoms with Crippen LogP contribution in [0.5, 0.6) is 5.75 Å². The molecular formula is C38H41N5O6. The molecule has 2 aliphatic heterocycles. The van der Waals surface area contributed by atoms with Crippen molar-refractivity contribution >= 4 is 28.9 Å². The van der Waals surface area contributed by atoms with Gasteiger partial charge in [-0.3, -0.25) is 14.6 Å². The largest absolute Gasteiger partial charge is 0.508 e. The lowest BCUT2D eigenvalue weighted by atomic mass is 9.96. The molecule has 6 bridgehead atoms. The molecule has 6 rings (SSSR count).